The molecule has 2 N–H and O–H groups in total. The van der Waals surface area contributed by atoms with Crippen LogP contribution in [0.1, 0.15) is 22.7 Å². The highest BCUT2D eigenvalue weighted by Gasteiger charge is 2.31. The number of nitrogens with one attached hydrogen (secondary N) is 1. The van der Waals surface area contributed by atoms with Crippen LogP contribution in [-0.4, -0.2) is 18.8 Å². The Labute approximate surface area is 118 Å². The second-order valence-corrected chi connectivity index (χ2v) is 5.49. The summed E-state index contributed by atoms with van der Waals surface area (Å²) in [6.45, 7) is 1.03. The van der Waals surface area contributed by atoms with Crippen molar-refractivity contribution in [3.8, 4) is 22.6 Å². The first kappa shape index (κ1) is 11.8. The number of fused-ring (bicyclic) bond motifs is 2. The minimum absolute atomic E-state index is 0.266. The van der Waals surface area contributed by atoms with Gasteiger partial charge >= 0.3 is 0 Å². The SMILES string of the molecule is COc1ccc2c(c1O)-c1cccc3c1[C@H](C2)NCC3. The van der Waals surface area contributed by atoms with Crippen molar-refractivity contribution in [2.45, 2.75) is 18.9 Å². The molecule has 0 amide bonds. The number of rotatable bonds is 1. The quantitative estimate of drug-likeness (QED) is 0.835. The number of benzene rings is 2. The smallest absolute Gasteiger partial charge is 0.165 e. The summed E-state index contributed by atoms with van der Waals surface area (Å²) < 4.78 is 5.26. The molecule has 0 radical (unpaired) electrons. The van der Waals surface area contributed by atoms with Crippen LogP contribution in [0.25, 0.3) is 11.1 Å². The predicted octanol–water partition coefficient (Wildman–Crippen LogP) is 2.81. The van der Waals surface area contributed by atoms with Gasteiger partial charge in [0.25, 0.3) is 0 Å². The largest absolute Gasteiger partial charge is 0.504 e. The van der Waals surface area contributed by atoms with E-state index in [0.717, 1.165) is 30.5 Å². The first-order valence-electron chi connectivity index (χ1n) is 7.04. The normalized spacial score (nSPS) is 19.1. The van der Waals surface area contributed by atoms with Gasteiger partial charge in [-0.3, -0.25) is 0 Å². The Morgan fingerprint density at radius 3 is 2.95 bits per heavy atom. The van der Waals surface area contributed by atoms with E-state index in [4.69, 9.17) is 4.74 Å². The van der Waals surface area contributed by atoms with Crippen molar-refractivity contribution < 1.29 is 9.84 Å². The van der Waals surface area contributed by atoms with Crippen LogP contribution in [-0.2, 0) is 12.8 Å². The van der Waals surface area contributed by atoms with Crippen molar-refractivity contribution in [2.24, 2.45) is 0 Å². The molecule has 0 saturated carbocycles. The summed E-state index contributed by atoms with van der Waals surface area (Å²) in [6.07, 6.45) is 1.98. The van der Waals surface area contributed by atoms with Crippen LogP contribution in [0.5, 0.6) is 11.5 Å². The van der Waals surface area contributed by atoms with E-state index in [2.05, 4.69) is 29.6 Å². The first-order valence-corrected chi connectivity index (χ1v) is 7.04. The monoisotopic (exact) mass is 267 g/mol. The average molecular weight is 267 g/mol. The fraction of sp³-hybridized carbons (Fsp3) is 0.294. The van der Waals surface area contributed by atoms with Crippen molar-refractivity contribution in [3.63, 3.8) is 0 Å². The molecule has 2 aromatic carbocycles. The lowest BCUT2D eigenvalue weighted by Crippen LogP contribution is -2.33. The molecule has 1 heterocycles. The van der Waals surface area contributed by atoms with Gasteiger partial charge in [0.05, 0.1) is 7.11 Å². The molecule has 0 aromatic heterocycles. The molecule has 3 heteroatoms. The van der Waals surface area contributed by atoms with Gasteiger partial charge in [-0.1, -0.05) is 24.3 Å². The zero-order valence-corrected chi connectivity index (χ0v) is 11.4. The average Bonchev–Trinajstić information content (AvgIpc) is 2.48. The molecule has 3 nitrogen and oxygen atoms in total. The zero-order chi connectivity index (χ0) is 13.7. The van der Waals surface area contributed by atoms with Gasteiger partial charge in [0.2, 0.25) is 0 Å². The van der Waals surface area contributed by atoms with Gasteiger partial charge < -0.3 is 15.2 Å². The summed E-state index contributed by atoms with van der Waals surface area (Å²) in [5.74, 6) is 0.811. The summed E-state index contributed by atoms with van der Waals surface area (Å²) in [5.41, 5.74) is 6.04. The van der Waals surface area contributed by atoms with Gasteiger partial charge in [0, 0.05) is 11.6 Å². The number of methoxy groups -OCH3 is 1. The van der Waals surface area contributed by atoms with E-state index >= 15 is 0 Å². The Morgan fingerprint density at radius 2 is 2.10 bits per heavy atom. The third-order valence-corrected chi connectivity index (χ3v) is 4.47. The predicted molar refractivity (Wildman–Crippen MR) is 78.2 cm³/mol. The molecule has 4 rings (SSSR count). The third kappa shape index (κ3) is 1.50. The van der Waals surface area contributed by atoms with Crippen LogP contribution in [0.4, 0.5) is 0 Å². The molecule has 0 unspecified atom stereocenters. The fourth-order valence-corrected chi connectivity index (χ4v) is 3.59. The Hall–Kier alpha value is -2.00. The van der Waals surface area contributed by atoms with Gasteiger partial charge in [0.1, 0.15) is 0 Å². The molecule has 0 fully saturated rings. The summed E-state index contributed by atoms with van der Waals surface area (Å²) >= 11 is 0. The second-order valence-electron chi connectivity index (χ2n) is 5.49. The second kappa shape index (κ2) is 4.25. The summed E-state index contributed by atoms with van der Waals surface area (Å²) in [7, 11) is 1.59. The van der Waals surface area contributed by atoms with Gasteiger partial charge in [-0.05, 0) is 47.7 Å². The van der Waals surface area contributed by atoms with Crippen molar-refractivity contribution in [3.05, 3.63) is 47.0 Å². The number of ether oxygens (including phenoxy) is 1. The highest BCUT2D eigenvalue weighted by Crippen LogP contribution is 2.48. The number of phenolic OH excluding ortho intramolecular Hbond substituents is 1. The molecule has 2 aromatic rings. The number of phenols is 1. The Bertz CT molecular complexity index is 694. The Balaban J connectivity index is 2.03. The molecule has 102 valence electrons. The van der Waals surface area contributed by atoms with Gasteiger partial charge in [-0.15, -0.1) is 0 Å². The number of hydrogen-bond acceptors (Lipinski definition) is 3. The highest BCUT2D eigenvalue weighted by atomic mass is 16.5. The first-order chi connectivity index (χ1) is 9.79. The summed E-state index contributed by atoms with van der Waals surface area (Å²) in [5, 5.41) is 14.1. The minimum Gasteiger partial charge on any atom is -0.504 e. The van der Waals surface area contributed by atoms with Crippen molar-refractivity contribution in [1.82, 2.24) is 5.32 Å². The van der Waals surface area contributed by atoms with E-state index in [1.807, 2.05) is 6.07 Å². The Morgan fingerprint density at radius 1 is 1.20 bits per heavy atom. The van der Waals surface area contributed by atoms with Gasteiger partial charge in [-0.2, -0.15) is 0 Å². The van der Waals surface area contributed by atoms with E-state index in [-0.39, 0.29) is 5.75 Å². The maximum Gasteiger partial charge on any atom is 0.165 e. The van der Waals surface area contributed by atoms with Crippen molar-refractivity contribution in [2.75, 3.05) is 13.7 Å². The molecular formula is C17H17NO2. The van der Waals surface area contributed by atoms with Crippen molar-refractivity contribution in [1.29, 1.82) is 0 Å². The highest BCUT2D eigenvalue weighted by molar-refractivity contribution is 5.82. The molecule has 0 bridgehead atoms. The topological polar surface area (TPSA) is 41.5 Å². The maximum atomic E-state index is 10.5. The van der Waals surface area contributed by atoms with E-state index in [0.29, 0.717) is 11.8 Å². The molecule has 20 heavy (non-hydrogen) atoms. The van der Waals surface area contributed by atoms with Gasteiger partial charge in [0.15, 0.2) is 11.5 Å². The van der Waals surface area contributed by atoms with Crippen molar-refractivity contribution >= 4 is 0 Å². The van der Waals surface area contributed by atoms with Crippen LogP contribution < -0.4 is 10.1 Å². The third-order valence-electron chi connectivity index (χ3n) is 4.47. The lowest BCUT2D eigenvalue weighted by atomic mass is 9.77. The molecule has 2 aliphatic rings. The lowest BCUT2D eigenvalue weighted by Gasteiger charge is -2.34. The Kier molecular flexibility index (Phi) is 2.51. The standard InChI is InChI=1S/C17H17NO2/c1-20-14-6-5-11-9-13-15-10(7-8-18-13)3-2-4-12(15)16(11)17(14)19/h2-6,13,18-19H,7-9H2,1H3/t13-/m0/s1. The number of aromatic hydroxyl groups is 1. The van der Waals surface area contributed by atoms with Crippen LogP contribution in [0.2, 0.25) is 0 Å². The maximum absolute atomic E-state index is 10.5. The van der Waals surface area contributed by atoms with E-state index in [1.54, 1.807) is 7.11 Å². The van der Waals surface area contributed by atoms with E-state index < -0.39 is 0 Å². The summed E-state index contributed by atoms with van der Waals surface area (Å²) in [6, 6.07) is 10.7. The van der Waals surface area contributed by atoms with E-state index in [9.17, 15) is 5.11 Å². The van der Waals surface area contributed by atoms with Crippen LogP contribution in [0, 0.1) is 0 Å². The van der Waals surface area contributed by atoms with Crippen LogP contribution in [0.3, 0.4) is 0 Å². The fourth-order valence-electron chi connectivity index (χ4n) is 3.59. The summed E-state index contributed by atoms with van der Waals surface area (Å²) in [4.78, 5) is 0. The van der Waals surface area contributed by atoms with Gasteiger partial charge in [-0.25, -0.2) is 0 Å². The van der Waals surface area contributed by atoms with Crippen LogP contribution in [0.15, 0.2) is 30.3 Å². The zero-order valence-electron chi connectivity index (χ0n) is 11.4. The molecular weight excluding hydrogens is 250 g/mol. The lowest BCUT2D eigenvalue weighted by molar-refractivity contribution is 0.373. The molecule has 0 saturated heterocycles. The van der Waals surface area contributed by atoms with Crippen LogP contribution >= 0.6 is 0 Å². The molecule has 1 atom stereocenters. The van der Waals surface area contributed by atoms with E-state index in [1.165, 1.54) is 16.7 Å². The molecule has 1 aliphatic carbocycles. The minimum atomic E-state index is 0.266. The molecule has 0 spiro atoms. The number of hydrogen-bond donors (Lipinski definition) is 2. The molecule has 1 aliphatic heterocycles.